The molecule has 0 radical (unpaired) electrons. The van der Waals surface area contributed by atoms with Crippen LogP contribution in [0.3, 0.4) is 0 Å². The second-order valence-electron chi connectivity index (χ2n) is 4.16. The molecule has 0 spiro atoms. The van der Waals surface area contributed by atoms with Gasteiger partial charge in [0, 0.05) is 23.2 Å². The molecule has 2 aromatic rings. The molecule has 0 atom stereocenters. The maximum absolute atomic E-state index is 12.9. The van der Waals surface area contributed by atoms with E-state index in [-0.39, 0.29) is 5.82 Å². The Morgan fingerprint density at radius 3 is 2.68 bits per heavy atom. The van der Waals surface area contributed by atoms with Crippen molar-refractivity contribution < 1.29 is 4.39 Å². The minimum atomic E-state index is -0.228. The number of halogens is 1. The van der Waals surface area contributed by atoms with Crippen LogP contribution in [0.25, 0.3) is 0 Å². The molecule has 19 heavy (non-hydrogen) atoms. The topological polar surface area (TPSA) is 37.8 Å². The maximum atomic E-state index is 12.9. The number of hydrogen-bond donors (Lipinski definition) is 1. The lowest BCUT2D eigenvalue weighted by atomic mass is 10.3. The van der Waals surface area contributed by atoms with Crippen LogP contribution in [0.2, 0.25) is 0 Å². The fourth-order valence-electron chi connectivity index (χ4n) is 1.47. The molecule has 0 fully saturated rings. The number of aromatic nitrogens is 2. The molecule has 1 N–H and O–H groups in total. The van der Waals surface area contributed by atoms with Crippen molar-refractivity contribution in [2.24, 2.45) is 0 Å². The molecule has 0 bridgehead atoms. The first-order valence-corrected chi connectivity index (χ1v) is 7.01. The van der Waals surface area contributed by atoms with E-state index in [1.165, 1.54) is 23.9 Å². The monoisotopic (exact) mass is 277 g/mol. The Morgan fingerprint density at radius 2 is 2.00 bits per heavy atom. The summed E-state index contributed by atoms with van der Waals surface area (Å²) in [6, 6.07) is 6.41. The van der Waals surface area contributed by atoms with Crippen molar-refractivity contribution >= 4 is 17.7 Å². The molecule has 5 heteroatoms. The average molecular weight is 277 g/mol. The molecule has 0 saturated heterocycles. The molecule has 0 unspecified atom stereocenters. The lowest BCUT2D eigenvalue weighted by Gasteiger charge is -2.08. The van der Waals surface area contributed by atoms with Crippen LogP contribution in [0.1, 0.15) is 18.9 Å². The van der Waals surface area contributed by atoms with Crippen LogP contribution >= 0.6 is 11.8 Å². The highest BCUT2D eigenvalue weighted by molar-refractivity contribution is 7.99. The highest BCUT2D eigenvalue weighted by Crippen LogP contribution is 2.28. The molecule has 1 aromatic carbocycles. The van der Waals surface area contributed by atoms with Crippen LogP contribution in [0, 0.1) is 12.7 Å². The van der Waals surface area contributed by atoms with E-state index in [1.807, 2.05) is 6.92 Å². The van der Waals surface area contributed by atoms with Gasteiger partial charge in [-0.25, -0.2) is 14.4 Å². The Labute approximate surface area is 116 Å². The summed E-state index contributed by atoms with van der Waals surface area (Å²) in [4.78, 5) is 9.67. The molecule has 1 heterocycles. The Balaban J connectivity index is 2.16. The van der Waals surface area contributed by atoms with Gasteiger partial charge in [0.25, 0.3) is 0 Å². The Bertz CT molecular complexity index is 543. The zero-order valence-corrected chi connectivity index (χ0v) is 11.8. The standard InChI is InChI=1S/C14H16FN3S/c1-3-8-16-14-17-9-10(2)13(18-14)19-12-6-4-11(15)5-7-12/h4-7,9H,3,8H2,1-2H3,(H,16,17,18). The summed E-state index contributed by atoms with van der Waals surface area (Å²) < 4.78 is 12.9. The van der Waals surface area contributed by atoms with Crippen molar-refractivity contribution in [3.8, 4) is 0 Å². The molecule has 0 saturated carbocycles. The average Bonchev–Trinajstić information content (AvgIpc) is 2.42. The first kappa shape index (κ1) is 13.8. The van der Waals surface area contributed by atoms with E-state index in [4.69, 9.17) is 0 Å². The zero-order valence-electron chi connectivity index (χ0n) is 11.0. The molecule has 0 aliphatic carbocycles. The van der Waals surface area contributed by atoms with Gasteiger partial charge in [0.05, 0.1) is 0 Å². The summed E-state index contributed by atoms with van der Waals surface area (Å²) in [6.07, 6.45) is 2.83. The molecule has 0 aliphatic heterocycles. The minimum absolute atomic E-state index is 0.228. The predicted molar refractivity (Wildman–Crippen MR) is 76.1 cm³/mol. The van der Waals surface area contributed by atoms with Gasteiger partial charge >= 0.3 is 0 Å². The van der Waals surface area contributed by atoms with Gasteiger partial charge in [-0.1, -0.05) is 18.7 Å². The summed E-state index contributed by atoms with van der Waals surface area (Å²) in [5.41, 5.74) is 1.01. The summed E-state index contributed by atoms with van der Waals surface area (Å²) in [7, 11) is 0. The first-order valence-electron chi connectivity index (χ1n) is 6.20. The molecule has 3 nitrogen and oxygen atoms in total. The fourth-order valence-corrected chi connectivity index (χ4v) is 2.31. The SMILES string of the molecule is CCCNc1ncc(C)c(Sc2ccc(F)cc2)n1. The van der Waals surface area contributed by atoms with Gasteiger partial charge in [-0.3, -0.25) is 0 Å². The predicted octanol–water partition coefficient (Wildman–Crippen LogP) is 3.90. The van der Waals surface area contributed by atoms with Gasteiger partial charge in [-0.05, 0) is 37.6 Å². The Hall–Kier alpha value is -1.62. The summed E-state index contributed by atoms with van der Waals surface area (Å²) in [5, 5.41) is 4.05. The van der Waals surface area contributed by atoms with Crippen LogP contribution in [-0.4, -0.2) is 16.5 Å². The third-order valence-corrected chi connectivity index (χ3v) is 3.60. The quantitative estimate of drug-likeness (QED) is 0.841. The van der Waals surface area contributed by atoms with Gasteiger partial charge in [0.2, 0.25) is 5.95 Å². The smallest absolute Gasteiger partial charge is 0.223 e. The fraction of sp³-hybridized carbons (Fsp3) is 0.286. The van der Waals surface area contributed by atoms with Gasteiger partial charge in [0.1, 0.15) is 10.8 Å². The van der Waals surface area contributed by atoms with Gasteiger partial charge in [-0.2, -0.15) is 0 Å². The van der Waals surface area contributed by atoms with E-state index < -0.39 is 0 Å². The van der Waals surface area contributed by atoms with E-state index in [0.717, 1.165) is 28.5 Å². The second kappa shape index (κ2) is 6.52. The summed E-state index contributed by atoms with van der Waals surface area (Å²) in [5.74, 6) is 0.408. The number of nitrogens with zero attached hydrogens (tertiary/aromatic N) is 2. The maximum Gasteiger partial charge on any atom is 0.223 e. The highest BCUT2D eigenvalue weighted by Gasteiger charge is 2.06. The van der Waals surface area contributed by atoms with Crippen LogP contribution in [-0.2, 0) is 0 Å². The molecule has 2 rings (SSSR count). The molecule has 1 aromatic heterocycles. The number of nitrogens with one attached hydrogen (secondary N) is 1. The number of anilines is 1. The van der Waals surface area contributed by atoms with E-state index in [0.29, 0.717) is 5.95 Å². The largest absolute Gasteiger partial charge is 0.354 e. The number of rotatable bonds is 5. The number of hydrogen-bond acceptors (Lipinski definition) is 4. The van der Waals surface area contributed by atoms with Crippen molar-refractivity contribution in [2.75, 3.05) is 11.9 Å². The van der Waals surface area contributed by atoms with Gasteiger partial charge < -0.3 is 5.32 Å². The van der Waals surface area contributed by atoms with E-state index in [9.17, 15) is 4.39 Å². The second-order valence-corrected chi connectivity index (χ2v) is 5.23. The van der Waals surface area contributed by atoms with Crippen LogP contribution in [0.5, 0.6) is 0 Å². The van der Waals surface area contributed by atoms with Crippen molar-refractivity contribution in [2.45, 2.75) is 30.2 Å². The zero-order chi connectivity index (χ0) is 13.7. The number of benzene rings is 1. The summed E-state index contributed by atoms with van der Waals surface area (Å²) >= 11 is 1.51. The molecular weight excluding hydrogens is 261 g/mol. The third-order valence-electron chi connectivity index (χ3n) is 2.49. The molecule has 0 amide bonds. The lowest BCUT2D eigenvalue weighted by Crippen LogP contribution is -2.05. The molecule has 0 aliphatic rings. The van der Waals surface area contributed by atoms with Gasteiger partial charge in [-0.15, -0.1) is 0 Å². The normalized spacial score (nSPS) is 10.5. The summed E-state index contributed by atoms with van der Waals surface area (Å²) in [6.45, 7) is 4.91. The van der Waals surface area contributed by atoms with Crippen molar-refractivity contribution in [1.82, 2.24) is 9.97 Å². The Kier molecular flexibility index (Phi) is 4.74. The van der Waals surface area contributed by atoms with Crippen molar-refractivity contribution in [1.29, 1.82) is 0 Å². The van der Waals surface area contributed by atoms with Crippen LogP contribution < -0.4 is 5.32 Å². The third kappa shape index (κ3) is 3.92. The van der Waals surface area contributed by atoms with Crippen molar-refractivity contribution in [3.05, 3.63) is 41.8 Å². The highest BCUT2D eigenvalue weighted by atomic mass is 32.2. The van der Waals surface area contributed by atoms with E-state index in [2.05, 4.69) is 22.2 Å². The Morgan fingerprint density at radius 1 is 1.26 bits per heavy atom. The lowest BCUT2D eigenvalue weighted by molar-refractivity contribution is 0.626. The molecule has 100 valence electrons. The first-order chi connectivity index (χ1) is 9.19. The number of aryl methyl sites for hydroxylation is 1. The minimum Gasteiger partial charge on any atom is -0.354 e. The van der Waals surface area contributed by atoms with Crippen LogP contribution in [0.4, 0.5) is 10.3 Å². The van der Waals surface area contributed by atoms with Crippen LogP contribution in [0.15, 0.2) is 40.4 Å². The van der Waals surface area contributed by atoms with E-state index in [1.54, 1.807) is 18.3 Å². The van der Waals surface area contributed by atoms with Crippen molar-refractivity contribution in [3.63, 3.8) is 0 Å². The van der Waals surface area contributed by atoms with E-state index >= 15 is 0 Å². The molecular formula is C14H16FN3S. The van der Waals surface area contributed by atoms with Gasteiger partial charge in [0.15, 0.2) is 0 Å².